The zero-order valence-corrected chi connectivity index (χ0v) is 15.4. The Morgan fingerprint density at radius 1 is 1.08 bits per heavy atom. The van der Waals surface area contributed by atoms with Gasteiger partial charge in [-0.05, 0) is 30.7 Å². The number of aromatic amines is 1. The highest BCUT2D eigenvalue weighted by molar-refractivity contribution is 6.43. The van der Waals surface area contributed by atoms with Gasteiger partial charge in [-0.1, -0.05) is 41.4 Å². The molecule has 0 atom stereocenters. The quantitative estimate of drug-likeness (QED) is 0.449. The maximum absolute atomic E-state index is 10.2. The lowest BCUT2D eigenvalue weighted by molar-refractivity contribution is 0.112. The molecule has 3 aromatic heterocycles. The van der Waals surface area contributed by atoms with Gasteiger partial charge in [0.05, 0.1) is 10.0 Å². The van der Waals surface area contributed by atoms with Crippen molar-refractivity contribution >= 4 is 40.5 Å². The fraction of sp³-hybridized carbons (Fsp3) is 0.0500. The van der Waals surface area contributed by atoms with Crippen LogP contribution in [0.5, 0.6) is 0 Å². The third kappa shape index (κ3) is 3.93. The highest BCUT2D eigenvalue weighted by atomic mass is 35.5. The summed E-state index contributed by atoms with van der Waals surface area (Å²) in [6.45, 7) is 2.08. The number of pyridine rings is 2. The van der Waals surface area contributed by atoms with Gasteiger partial charge in [0.25, 0.3) is 0 Å². The van der Waals surface area contributed by atoms with E-state index in [9.17, 15) is 4.79 Å². The first-order chi connectivity index (χ1) is 12.6. The van der Waals surface area contributed by atoms with Crippen LogP contribution in [0, 0.1) is 6.92 Å². The Balaban J connectivity index is 0.000000170. The van der Waals surface area contributed by atoms with Crippen LogP contribution in [-0.4, -0.2) is 21.2 Å². The number of aryl methyl sites for hydroxylation is 1. The number of rotatable bonds is 2. The Labute approximate surface area is 160 Å². The molecule has 6 heteroatoms. The SMILES string of the molecule is Cc1c[nH]c2ncc(-c3cccnc3)cc12.O=Cc1cccc(Cl)c1Cl. The van der Waals surface area contributed by atoms with Crippen LogP contribution in [0.3, 0.4) is 0 Å². The van der Waals surface area contributed by atoms with E-state index >= 15 is 0 Å². The van der Waals surface area contributed by atoms with E-state index in [4.69, 9.17) is 23.2 Å². The summed E-state index contributed by atoms with van der Waals surface area (Å²) in [5.74, 6) is 0. The summed E-state index contributed by atoms with van der Waals surface area (Å²) in [7, 11) is 0. The van der Waals surface area contributed by atoms with Crippen LogP contribution in [-0.2, 0) is 0 Å². The van der Waals surface area contributed by atoms with Crippen molar-refractivity contribution in [3.63, 3.8) is 0 Å². The lowest BCUT2D eigenvalue weighted by atomic mass is 10.1. The lowest BCUT2D eigenvalue weighted by Crippen LogP contribution is -1.82. The number of carbonyl (C=O) groups excluding carboxylic acids is 1. The first-order valence-electron chi connectivity index (χ1n) is 7.83. The summed E-state index contributed by atoms with van der Waals surface area (Å²) < 4.78 is 0. The van der Waals surface area contributed by atoms with Crippen LogP contribution in [0.25, 0.3) is 22.2 Å². The van der Waals surface area contributed by atoms with E-state index in [-0.39, 0.29) is 0 Å². The monoisotopic (exact) mass is 383 g/mol. The number of halogens is 2. The molecule has 26 heavy (non-hydrogen) atoms. The smallest absolute Gasteiger partial charge is 0.151 e. The van der Waals surface area contributed by atoms with E-state index < -0.39 is 0 Å². The standard InChI is InChI=1S/C13H11N3.C7H4Cl2O/c1-9-6-15-13-12(9)5-11(8-16-13)10-3-2-4-14-7-10;8-6-3-1-2-5(4-10)7(6)9/h2-8H,1H3,(H,15,16);1-4H. The van der Waals surface area contributed by atoms with Gasteiger partial charge in [-0.3, -0.25) is 9.78 Å². The molecule has 3 heterocycles. The molecule has 0 aliphatic carbocycles. The summed E-state index contributed by atoms with van der Waals surface area (Å²) in [4.78, 5) is 21.9. The summed E-state index contributed by atoms with van der Waals surface area (Å²) in [6.07, 6.45) is 8.15. The molecule has 0 spiro atoms. The molecule has 0 amide bonds. The zero-order chi connectivity index (χ0) is 18.5. The summed E-state index contributed by atoms with van der Waals surface area (Å²) in [6, 6.07) is 11.0. The highest BCUT2D eigenvalue weighted by Crippen LogP contribution is 2.24. The minimum absolute atomic E-state index is 0.319. The van der Waals surface area contributed by atoms with Gasteiger partial charge in [-0.25, -0.2) is 4.98 Å². The summed E-state index contributed by atoms with van der Waals surface area (Å²) >= 11 is 11.2. The molecule has 0 unspecified atom stereocenters. The van der Waals surface area contributed by atoms with Crippen molar-refractivity contribution in [1.29, 1.82) is 0 Å². The zero-order valence-electron chi connectivity index (χ0n) is 13.9. The van der Waals surface area contributed by atoms with Crippen LogP contribution in [0.15, 0.2) is 61.2 Å². The fourth-order valence-electron chi connectivity index (χ4n) is 2.44. The second-order valence-corrected chi connectivity index (χ2v) is 6.38. The number of benzene rings is 1. The van der Waals surface area contributed by atoms with Gasteiger partial charge < -0.3 is 4.98 Å². The highest BCUT2D eigenvalue weighted by Gasteiger charge is 2.04. The number of aldehydes is 1. The minimum atomic E-state index is 0.319. The van der Waals surface area contributed by atoms with Gasteiger partial charge in [0, 0.05) is 46.9 Å². The predicted molar refractivity (Wildman–Crippen MR) is 106 cm³/mol. The van der Waals surface area contributed by atoms with Crippen molar-refractivity contribution in [2.75, 3.05) is 0 Å². The van der Waals surface area contributed by atoms with E-state index in [1.165, 1.54) is 10.9 Å². The molecule has 0 aliphatic heterocycles. The Kier molecular flexibility index (Phi) is 5.66. The average Bonchev–Trinajstić information content (AvgIpc) is 3.06. The van der Waals surface area contributed by atoms with Crippen LogP contribution in [0.2, 0.25) is 10.0 Å². The number of nitrogens with zero attached hydrogens (tertiary/aromatic N) is 2. The van der Waals surface area contributed by atoms with Crippen LogP contribution in [0.4, 0.5) is 0 Å². The molecule has 0 saturated heterocycles. The molecule has 1 N–H and O–H groups in total. The predicted octanol–water partition coefficient (Wildman–Crippen LogP) is 5.74. The largest absolute Gasteiger partial charge is 0.346 e. The van der Waals surface area contributed by atoms with E-state index in [1.54, 1.807) is 24.4 Å². The fourth-order valence-corrected chi connectivity index (χ4v) is 2.79. The first-order valence-corrected chi connectivity index (χ1v) is 8.59. The third-order valence-electron chi connectivity index (χ3n) is 3.84. The van der Waals surface area contributed by atoms with Crippen molar-refractivity contribution in [2.24, 2.45) is 0 Å². The molecular weight excluding hydrogens is 369 g/mol. The van der Waals surface area contributed by atoms with Gasteiger partial charge in [0.15, 0.2) is 6.29 Å². The molecule has 1 aromatic carbocycles. The molecule has 0 fully saturated rings. The van der Waals surface area contributed by atoms with E-state index in [1.807, 2.05) is 30.7 Å². The Morgan fingerprint density at radius 2 is 1.92 bits per heavy atom. The molecule has 0 bridgehead atoms. The summed E-state index contributed by atoms with van der Waals surface area (Å²) in [5.41, 5.74) is 4.77. The second kappa shape index (κ2) is 8.13. The maximum atomic E-state index is 10.2. The van der Waals surface area contributed by atoms with E-state index in [2.05, 4.69) is 27.9 Å². The van der Waals surface area contributed by atoms with Gasteiger partial charge in [0.2, 0.25) is 0 Å². The molecule has 4 nitrogen and oxygen atoms in total. The Morgan fingerprint density at radius 3 is 2.62 bits per heavy atom. The number of nitrogens with one attached hydrogen (secondary N) is 1. The Hall–Kier alpha value is -2.69. The molecule has 130 valence electrons. The van der Waals surface area contributed by atoms with Gasteiger partial charge >= 0.3 is 0 Å². The number of fused-ring (bicyclic) bond motifs is 1. The normalized spacial score (nSPS) is 10.3. The molecule has 4 aromatic rings. The van der Waals surface area contributed by atoms with Gasteiger partial charge in [-0.15, -0.1) is 0 Å². The Bertz CT molecular complexity index is 1050. The number of carbonyl (C=O) groups is 1. The number of hydrogen-bond acceptors (Lipinski definition) is 3. The van der Waals surface area contributed by atoms with Crippen LogP contribution in [0.1, 0.15) is 15.9 Å². The van der Waals surface area contributed by atoms with Crippen molar-refractivity contribution in [3.05, 3.63) is 82.4 Å². The van der Waals surface area contributed by atoms with Gasteiger partial charge in [0.1, 0.15) is 5.65 Å². The minimum Gasteiger partial charge on any atom is -0.346 e. The van der Waals surface area contributed by atoms with Crippen molar-refractivity contribution in [1.82, 2.24) is 15.0 Å². The molecule has 0 radical (unpaired) electrons. The van der Waals surface area contributed by atoms with Gasteiger partial charge in [-0.2, -0.15) is 0 Å². The van der Waals surface area contributed by atoms with Crippen LogP contribution >= 0.6 is 23.2 Å². The average molecular weight is 384 g/mol. The topological polar surface area (TPSA) is 58.6 Å². The second-order valence-electron chi connectivity index (χ2n) is 5.59. The van der Waals surface area contributed by atoms with Crippen molar-refractivity contribution in [3.8, 4) is 11.1 Å². The molecule has 4 rings (SSSR count). The van der Waals surface area contributed by atoms with Crippen molar-refractivity contribution < 1.29 is 4.79 Å². The van der Waals surface area contributed by atoms with Crippen molar-refractivity contribution in [2.45, 2.75) is 6.92 Å². The third-order valence-corrected chi connectivity index (χ3v) is 4.67. The molecular formula is C20H15Cl2N3O. The maximum Gasteiger partial charge on any atom is 0.151 e. The van der Waals surface area contributed by atoms with Crippen LogP contribution < -0.4 is 0 Å². The number of H-pyrrole nitrogens is 1. The summed E-state index contributed by atoms with van der Waals surface area (Å²) in [5, 5.41) is 1.90. The number of aromatic nitrogens is 3. The molecule has 0 aliphatic rings. The lowest BCUT2D eigenvalue weighted by Gasteiger charge is -2.00. The first kappa shape index (κ1) is 18.1. The molecule has 0 saturated carbocycles. The van der Waals surface area contributed by atoms with E-state index in [0.29, 0.717) is 21.9 Å². The number of hydrogen-bond donors (Lipinski definition) is 1. The van der Waals surface area contributed by atoms with E-state index in [0.717, 1.165) is 16.8 Å².